The summed E-state index contributed by atoms with van der Waals surface area (Å²) < 4.78 is 0. The van der Waals surface area contributed by atoms with Crippen LogP contribution in [0, 0.1) is 23.2 Å². The molecule has 17 heavy (non-hydrogen) atoms. The minimum Gasteiger partial charge on any atom is -0.338 e. The Labute approximate surface area is 104 Å². The largest absolute Gasteiger partial charge is 0.338 e. The summed E-state index contributed by atoms with van der Waals surface area (Å²) in [4.78, 5) is 14.4. The Kier molecular flexibility index (Phi) is 4.04. The monoisotopic (exact) mass is 234 g/mol. The van der Waals surface area contributed by atoms with Gasteiger partial charge in [0.1, 0.15) is 0 Å². The molecule has 2 rings (SSSR count). The van der Waals surface area contributed by atoms with Gasteiger partial charge in [0.15, 0.2) is 0 Å². The normalized spacial score (nSPS) is 22.1. The number of nitrogens with zero attached hydrogens (tertiary/aromatic N) is 2. The second kappa shape index (κ2) is 5.53. The molecule has 1 amide bonds. The Balaban J connectivity index is 1.97. The zero-order valence-corrected chi connectivity index (χ0v) is 10.7. The molecule has 0 unspecified atom stereocenters. The van der Waals surface area contributed by atoms with Crippen LogP contribution in [0.15, 0.2) is 0 Å². The molecule has 2 aliphatic rings. The maximum absolute atomic E-state index is 12.4. The highest BCUT2D eigenvalue weighted by molar-refractivity contribution is 5.79. The van der Waals surface area contributed by atoms with Crippen LogP contribution in [0.5, 0.6) is 0 Å². The Morgan fingerprint density at radius 1 is 1.35 bits per heavy atom. The number of hydrogen-bond acceptors (Lipinski definition) is 2. The second-order valence-electron chi connectivity index (χ2n) is 5.50. The fourth-order valence-corrected chi connectivity index (χ4v) is 2.93. The summed E-state index contributed by atoms with van der Waals surface area (Å²) in [7, 11) is 0. The van der Waals surface area contributed by atoms with Gasteiger partial charge in [0.05, 0.1) is 12.5 Å². The number of carbonyl (C=O) groups excluding carboxylic acids is 1. The molecular weight excluding hydrogens is 212 g/mol. The smallest absolute Gasteiger partial charge is 0.225 e. The molecule has 3 heteroatoms. The minimum absolute atomic E-state index is 0.245. The predicted octanol–water partition coefficient (Wildman–Crippen LogP) is 2.72. The fourth-order valence-electron chi connectivity index (χ4n) is 2.93. The van der Waals surface area contributed by atoms with E-state index in [0.29, 0.717) is 30.8 Å². The average molecular weight is 234 g/mol. The first-order chi connectivity index (χ1) is 8.24. The highest BCUT2D eigenvalue weighted by Crippen LogP contribution is 2.37. The Hall–Kier alpha value is -1.04. The van der Waals surface area contributed by atoms with Crippen molar-refractivity contribution in [3.8, 4) is 6.07 Å². The lowest BCUT2D eigenvalue weighted by Gasteiger charge is -2.31. The molecule has 0 aliphatic heterocycles. The van der Waals surface area contributed by atoms with Crippen LogP contribution in [-0.4, -0.2) is 23.4 Å². The third kappa shape index (κ3) is 3.00. The van der Waals surface area contributed by atoms with E-state index in [9.17, 15) is 4.79 Å². The number of nitriles is 1. The standard InChI is InChI=1S/C14H22N2O/c1-11(12-7-8-12)16(10-4-9-15)14(17)13-5-2-3-6-13/h11-13H,2-8,10H2,1H3/t11-/m1/s1. The summed E-state index contributed by atoms with van der Waals surface area (Å²) in [6.07, 6.45) is 7.47. The van der Waals surface area contributed by atoms with E-state index in [-0.39, 0.29) is 5.92 Å². The van der Waals surface area contributed by atoms with Crippen LogP contribution in [0.1, 0.15) is 51.9 Å². The predicted molar refractivity (Wildman–Crippen MR) is 66.1 cm³/mol. The van der Waals surface area contributed by atoms with Gasteiger partial charge in [-0.15, -0.1) is 0 Å². The molecule has 0 N–H and O–H groups in total. The van der Waals surface area contributed by atoms with Gasteiger partial charge < -0.3 is 4.90 Å². The molecule has 0 saturated heterocycles. The second-order valence-corrected chi connectivity index (χ2v) is 5.50. The molecule has 2 fully saturated rings. The highest BCUT2D eigenvalue weighted by Gasteiger charge is 2.36. The van der Waals surface area contributed by atoms with Crippen molar-refractivity contribution in [2.75, 3.05) is 6.54 Å². The van der Waals surface area contributed by atoms with Gasteiger partial charge in [-0.25, -0.2) is 0 Å². The van der Waals surface area contributed by atoms with Crippen molar-refractivity contribution in [3.63, 3.8) is 0 Å². The third-order valence-corrected chi connectivity index (χ3v) is 4.25. The van der Waals surface area contributed by atoms with Crippen LogP contribution >= 0.6 is 0 Å². The van der Waals surface area contributed by atoms with E-state index in [2.05, 4.69) is 13.0 Å². The summed E-state index contributed by atoms with van der Waals surface area (Å²) in [6, 6.07) is 2.51. The minimum atomic E-state index is 0.245. The molecule has 0 aromatic carbocycles. The van der Waals surface area contributed by atoms with Crippen molar-refractivity contribution in [2.45, 2.75) is 57.9 Å². The molecule has 0 spiro atoms. The first-order valence-electron chi connectivity index (χ1n) is 6.91. The van der Waals surface area contributed by atoms with Crippen LogP contribution in [-0.2, 0) is 4.79 Å². The highest BCUT2D eigenvalue weighted by atomic mass is 16.2. The van der Waals surface area contributed by atoms with Crippen molar-refractivity contribution < 1.29 is 4.79 Å². The molecule has 0 radical (unpaired) electrons. The fraction of sp³-hybridized carbons (Fsp3) is 0.857. The van der Waals surface area contributed by atoms with Gasteiger partial charge in [-0.3, -0.25) is 4.79 Å². The van der Waals surface area contributed by atoms with E-state index in [1.54, 1.807) is 0 Å². The van der Waals surface area contributed by atoms with Crippen LogP contribution in [0.3, 0.4) is 0 Å². The first-order valence-corrected chi connectivity index (χ1v) is 6.91. The first kappa shape index (κ1) is 12.4. The molecule has 0 bridgehead atoms. The molecule has 0 aromatic rings. The molecule has 0 heterocycles. The van der Waals surface area contributed by atoms with Crippen LogP contribution in [0.2, 0.25) is 0 Å². The van der Waals surface area contributed by atoms with Crippen molar-refractivity contribution in [2.24, 2.45) is 11.8 Å². The lowest BCUT2D eigenvalue weighted by atomic mass is 10.0. The molecule has 0 aromatic heterocycles. The zero-order chi connectivity index (χ0) is 12.3. The van der Waals surface area contributed by atoms with Crippen molar-refractivity contribution >= 4 is 5.91 Å². The summed E-state index contributed by atoms with van der Waals surface area (Å²) >= 11 is 0. The van der Waals surface area contributed by atoms with Gasteiger partial charge in [0.2, 0.25) is 5.91 Å². The molecule has 94 valence electrons. The van der Waals surface area contributed by atoms with Gasteiger partial charge in [0.25, 0.3) is 0 Å². The molecule has 2 aliphatic carbocycles. The lowest BCUT2D eigenvalue weighted by Crippen LogP contribution is -2.43. The van der Waals surface area contributed by atoms with E-state index in [4.69, 9.17) is 5.26 Å². The summed E-state index contributed by atoms with van der Waals surface area (Å²) in [5.74, 6) is 1.26. The number of rotatable bonds is 5. The van der Waals surface area contributed by atoms with Crippen molar-refractivity contribution in [1.82, 2.24) is 4.90 Å². The molecule has 3 nitrogen and oxygen atoms in total. The van der Waals surface area contributed by atoms with Crippen molar-refractivity contribution in [1.29, 1.82) is 5.26 Å². The maximum Gasteiger partial charge on any atom is 0.225 e. The van der Waals surface area contributed by atoms with Crippen LogP contribution < -0.4 is 0 Å². The van der Waals surface area contributed by atoms with Crippen molar-refractivity contribution in [3.05, 3.63) is 0 Å². The lowest BCUT2D eigenvalue weighted by molar-refractivity contribution is -0.137. The molecular formula is C14H22N2O. The van der Waals surface area contributed by atoms with Gasteiger partial charge >= 0.3 is 0 Å². The maximum atomic E-state index is 12.4. The summed E-state index contributed by atoms with van der Waals surface area (Å²) in [5, 5.41) is 8.71. The van der Waals surface area contributed by atoms with E-state index in [1.807, 2.05) is 4.90 Å². The zero-order valence-electron chi connectivity index (χ0n) is 10.7. The Morgan fingerprint density at radius 3 is 2.53 bits per heavy atom. The van der Waals surface area contributed by atoms with Crippen LogP contribution in [0.25, 0.3) is 0 Å². The van der Waals surface area contributed by atoms with Gasteiger partial charge in [0, 0.05) is 18.5 Å². The van der Waals surface area contributed by atoms with E-state index in [1.165, 1.54) is 25.7 Å². The Morgan fingerprint density at radius 2 is 2.00 bits per heavy atom. The topological polar surface area (TPSA) is 44.1 Å². The van der Waals surface area contributed by atoms with Gasteiger partial charge in [-0.1, -0.05) is 12.8 Å². The van der Waals surface area contributed by atoms with Crippen LogP contribution in [0.4, 0.5) is 0 Å². The molecule has 1 atom stereocenters. The van der Waals surface area contributed by atoms with E-state index in [0.717, 1.165) is 12.8 Å². The quantitative estimate of drug-likeness (QED) is 0.734. The van der Waals surface area contributed by atoms with Gasteiger partial charge in [-0.05, 0) is 38.5 Å². The summed E-state index contributed by atoms with van der Waals surface area (Å²) in [6.45, 7) is 2.78. The SMILES string of the molecule is C[C@H](C1CC1)N(CCC#N)C(=O)C1CCCC1. The molecule has 2 saturated carbocycles. The number of hydrogen-bond donors (Lipinski definition) is 0. The van der Waals surface area contributed by atoms with E-state index >= 15 is 0 Å². The Bertz CT molecular complexity index is 311. The van der Waals surface area contributed by atoms with E-state index < -0.39 is 0 Å². The third-order valence-electron chi connectivity index (χ3n) is 4.25. The average Bonchev–Trinajstić information content (AvgIpc) is 3.04. The number of carbonyl (C=O) groups is 1. The summed E-state index contributed by atoms with van der Waals surface area (Å²) in [5.41, 5.74) is 0. The van der Waals surface area contributed by atoms with Gasteiger partial charge in [-0.2, -0.15) is 5.26 Å². The number of amides is 1.